The van der Waals surface area contributed by atoms with E-state index in [1.54, 1.807) is 19.2 Å². The molecule has 0 saturated heterocycles. The van der Waals surface area contributed by atoms with Crippen LogP contribution in [-0.2, 0) is 6.18 Å². The zero-order chi connectivity index (χ0) is 21.6. The quantitative estimate of drug-likeness (QED) is 0.293. The minimum Gasteiger partial charge on any atom is -0.497 e. The van der Waals surface area contributed by atoms with Crippen molar-refractivity contribution < 1.29 is 17.9 Å². The highest BCUT2D eigenvalue weighted by Gasteiger charge is 2.31. The van der Waals surface area contributed by atoms with Gasteiger partial charge in [-0.25, -0.2) is 0 Å². The van der Waals surface area contributed by atoms with Gasteiger partial charge in [-0.2, -0.15) is 13.2 Å². The summed E-state index contributed by atoms with van der Waals surface area (Å²) in [6, 6.07) is 19.1. The Labute approximate surface area is 188 Å². The van der Waals surface area contributed by atoms with Crippen LogP contribution in [0.25, 0.3) is 21.8 Å². The predicted molar refractivity (Wildman–Crippen MR) is 123 cm³/mol. The highest BCUT2D eigenvalue weighted by molar-refractivity contribution is 5.89. The summed E-state index contributed by atoms with van der Waals surface area (Å²) in [6.45, 7) is 0. The number of para-hydroxylation sites is 1. The molecule has 164 valence electrons. The molecule has 1 unspecified atom stereocenters. The summed E-state index contributed by atoms with van der Waals surface area (Å²) in [7, 11) is 1.61. The van der Waals surface area contributed by atoms with E-state index in [0.29, 0.717) is 0 Å². The Morgan fingerprint density at radius 2 is 1.41 bits per heavy atom. The van der Waals surface area contributed by atoms with Crippen molar-refractivity contribution in [2.24, 2.45) is 0 Å². The Morgan fingerprint density at radius 3 is 2.06 bits per heavy atom. The summed E-state index contributed by atoms with van der Waals surface area (Å²) in [4.78, 5) is 6.58. The van der Waals surface area contributed by atoms with E-state index >= 15 is 0 Å². The molecule has 3 nitrogen and oxygen atoms in total. The fraction of sp³-hybridized carbons (Fsp3) is 0.120. The number of methoxy groups -OCH3 is 1. The number of benzene rings is 3. The number of aromatic amines is 2. The molecule has 0 aliphatic carbocycles. The van der Waals surface area contributed by atoms with Gasteiger partial charge in [0.25, 0.3) is 0 Å². The van der Waals surface area contributed by atoms with Gasteiger partial charge in [0.2, 0.25) is 0 Å². The SMILES string of the molecule is COc1ccc2c(C(c3ccc(C(F)(F)F)cc3)c3c[nH]c4ccccc34)c[nH]c2c1.Cl. The summed E-state index contributed by atoms with van der Waals surface area (Å²) >= 11 is 0. The van der Waals surface area contributed by atoms with E-state index < -0.39 is 11.7 Å². The molecule has 0 amide bonds. The van der Waals surface area contributed by atoms with Crippen molar-refractivity contribution in [3.63, 3.8) is 0 Å². The van der Waals surface area contributed by atoms with E-state index in [1.807, 2.05) is 54.9 Å². The van der Waals surface area contributed by atoms with Gasteiger partial charge in [0.05, 0.1) is 12.7 Å². The summed E-state index contributed by atoms with van der Waals surface area (Å²) < 4.78 is 44.7. The fourth-order valence-electron chi connectivity index (χ4n) is 4.22. The van der Waals surface area contributed by atoms with Crippen LogP contribution < -0.4 is 4.74 Å². The van der Waals surface area contributed by atoms with Gasteiger partial charge in [0.15, 0.2) is 0 Å². The van der Waals surface area contributed by atoms with Crippen molar-refractivity contribution >= 4 is 34.2 Å². The number of rotatable bonds is 4. The average molecular weight is 457 g/mol. The van der Waals surface area contributed by atoms with Crippen molar-refractivity contribution in [2.75, 3.05) is 7.11 Å². The molecule has 5 rings (SSSR count). The van der Waals surface area contributed by atoms with Crippen molar-refractivity contribution in [3.8, 4) is 5.75 Å². The molecule has 32 heavy (non-hydrogen) atoms. The van der Waals surface area contributed by atoms with Gasteiger partial charge in [0, 0.05) is 46.2 Å². The fourth-order valence-corrected chi connectivity index (χ4v) is 4.22. The number of halogens is 4. The number of nitrogens with one attached hydrogen (secondary N) is 2. The number of hydrogen-bond acceptors (Lipinski definition) is 1. The number of hydrogen-bond donors (Lipinski definition) is 2. The van der Waals surface area contributed by atoms with Gasteiger partial charge in [-0.1, -0.05) is 30.3 Å². The lowest BCUT2D eigenvalue weighted by Crippen LogP contribution is -2.07. The smallest absolute Gasteiger partial charge is 0.416 e. The van der Waals surface area contributed by atoms with Gasteiger partial charge >= 0.3 is 6.18 Å². The molecule has 0 bridgehead atoms. The van der Waals surface area contributed by atoms with Crippen LogP contribution in [0.15, 0.2) is 79.1 Å². The summed E-state index contributed by atoms with van der Waals surface area (Å²) in [5, 5.41) is 2.03. The molecule has 7 heteroatoms. The molecule has 2 aromatic heterocycles. The van der Waals surface area contributed by atoms with Crippen molar-refractivity contribution in [1.82, 2.24) is 9.97 Å². The zero-order valence-electron chi connectivity index (χ0n) is 17.0. The first-order valence-electron chi connectivity index (χ1n) is 9.84. The van der Waals surface area contributed by atoms with Crippen LogP contribution in [0.2, 0.25) is 0 Å². The first kappa shape index (κ1) is 21.8. The topological polar surface area (TPSA) is 40.8 Å². The van der Waals surface area contributed by atoms with Crippen LogP contribution in [-0.4, -0.2) is 17.1 Å². The van der Waals surface area contributed by atoms with E-state index in [4.69, 9.17) is 4.74 Å². The molecule has 2 heterocycles. The lowest BCUT2D eigenvalue weighted by molar-refractivity contribution is -0.137. The van der Waals surface area contributed by atoms with Gasteiger partial charge in [-0.05, 0) is 47.0 Å². The van der Waals surface area contributed by atoms with E-state index in [0.717, 1.165) is 56.4 Å². The highest BCUT2D eigenvalue weighted by atomic mass is 35.5. The minimum atomic E-state index is -4.37. The van der Waals surface area contributed by atoms with Crippen LogP contribution in [0.4, 0.5) is 13.2 Å². The normalized spacial score (nSPS) is 12.6. The van der Waals surface area contributed by atoms with Crippen molar-refractivity contribution in [1.29, 1.82) is 0 Å². The zero-order valence-corrected chi connectivity index (χ0v) is 17.8. The molecule has 2 N–H and O–H groups in total. The average Bonchev–Trinajstić information content (AvgIpc) is 3.38. The van der Waals surface area contributed by atoms with E-state index in [9.17, 15) is 13.2 Å². The Hall–Kier alpha value is -3.38. The van der Waals surface area contributed by atoms with Crippen LogP contribution in [0, 0.1) is 0 Å². The van der Waals surface area contributed by atoms with E-state index in [1.165, 1.54) is 0 Å². The third-order valence-corrected chi connectivity index (χ3v) is 5.74. The molecule has 5 aromatic rings. The van der Waals surface area contributed by atoms with E-state index in [2.05, 4.69) is 9.97 Å². The largest absolute Gasteiger partial charge is 0.497 e. The number of fused-ring (bicyclic) bond motifs is 2. The highest BCUT2D eigenvalue weighted by Crippen LogP contribution is 2.40. The molecule has 0 fully saturated rings. The van der Waals surface area contributed by atoms with Crippen LogP contribution in [0.3, 0.4) is 0 Å². The number of ether oxygens (including phenoxy) is 1. The van der Waals surface area contributed by atoms with Gasteiger partial charge in [-0.15, -0.1) is 12.4 Å². The van der Waals surface area contributed by atoms with Crippen LogP contribution >= 0.6 is 12.4 Å². The molecule has 3 aromatic carbocycles. The van der Waals surface area contributed by atoms with Gasteiger partial charge in [0.1, 0.15) is 5.75 Å². The molecule has 0 radical (unpaired) electrons. The first-order valence-corrected chi connectivity index (χ1v) is 9.84. The van der Waals surface area contributed by atoms with Crippen LogP contribution in [0.1, 0.15) is 28.2 Å². The number of alkyl halides is 3. The number of H-pyrrole nitrogens is 2. The molecular weight excluding hydrogens is 437 g/mol. The Balaban J connectivity index is 0.00000245. The maximum atomic E-state index is 13.1. The van der Waals surface area contributed by atoms with Crippen LogP contribution in [0.5, 0.6) is 5.75 Å². The minimum absolute atomic E-state index is 0. The molecule has 0 spiro atoms. The lowest BCUT2D eigenvalue weighted by Gasteiger charge is -2.18. The predicted octanol–water partition coefficient (Wildman–Crippen LogP) is 7.28. The van der Waals surface area contributed by atoms with Gasteiger partial charge in [-0.3, -0.25) is 0 Å². The monoisotopic (exact) mass is 456 g/mol. The standard InChI is InChI=1S/C25H19F3N2O.ClH/c1-31-17-10-11-19-21(14-30-23(19)12-17)24(15-6-8-16(9-7-15)25(26,27)28)20-13-29-22-5-3-2-4-18(20)22;/h2-14,24,29-30H,1H3;1H. The second-order valence-corrected chi connectivity index (χ2v) is 7.50. The Morgan fingerprint density at radius 1 is 0.781 bits per heavy atom. The third kappa shape index (κ3) is 3.71. The van der Waals surface area contributed by atoms with Gasteiger partial charge < -0.3 is 14.7 Å². The lowest BCUT2D eigenvalue weighted by atomic mass is 9.84. The second-order valence-electron chi connectivity index (χ2n) is 7.50. The molecule has 0 aliphatic rings. The molecule has 0 saturated carbocycles. The van der Waals surface area contributed by atoms with E-state index in [-0.39, 0.29) is 18.3 Å². The second kappa shape index (κ2) is 8.28. The summed E-state index contributed by atoms with van der Waals surface area (Å²) in [6.07, 6.45) is -0.504. The maximum absolute atomic E-state index is 13.1. The summed E-state index contributed by atoms with van der Waals surface area (Å²) in [5.74, 6) is 0.486. The maximum Gasteiger partial charge on any atom is 0.416 e. The molecular formula is C25H20ClF3N2O. The Kier molecular flexibility index (Phi) is 5.65. The van der Waals surface area contributed by atoms with Crippen molar-refractivity contribution in [2.45, 2.75) is 12.1 Å². The number of aromatic nitrogens is 2. The van der Waals surface area contributed by atoms with Crippen molar-refractivity contribution in [3.05, 3.63) is 101 Å². The third-order valence-electron chi connectivity index (χ3n) is 5.74. The Bertz CT molecular complexity index is 1370. The molecule has 0 aliphatic heterocycles. The summed E-state index contributed by atoms with van der Waals surface area (Å²) in [5.41, 5.74) is 4.02. The first-order chi connectivity index (χ1) is 15.0. The molecule has 1 atom stereocenters.